The summed E-state index contributed by atoms with van der Waals surface area (Å²) >= 11 is 0. The number of carbonyl (C=O) groups excluding carboxylic acids is 1. The highest BCUT2D eigenvalue weighted by Gasteiger charge is 2.51. The van der Waals surface area contributed by atoms with Crippen LogP contribution in [-0.4, -0.2) is 44.1 Å². The third-order valence-corrected chi connectivity index (χ3v) is 5.63. The number of hydrogen-bond acceptors (Lipinski definition) is 6. The predicted molar refractivity (Wildman–Crippen MR) is 126 cm³/mol. The Balaban J connectivity index is 1.52. The number of ether oxygens (including phenoxy) is 5. The van der Waals surface area contributed by atoms with Gasteiger partial charge in [-0.1, -0.05) is 42.5 Å². The van der Waals surface area contributed by atoms with E-state index in [0.29, 0.717) is 32.8 Å². The summed E-state index contributed by atoms with van der Waals surface area (Å²) < 4.78 is 28.2. The molecule has 0 saturated carbocycles. The van der Waals surface area contributed by atoms with Crippen molar-refractivity contribution in [2.45, 2.75) is 57.7 Å². The van der Waals surface area contributed by atoms with Gasteiger partial charge >= 0.3 is 5.97 Å². The Morgan fingerprint density at radius 1 is 1.09 bits per heavy atom. The number of carbonyl (C=O) groups is 1. The van der Waals surface area contributed by atoms with Gasteiger partial charge in [-0.15, -0.1) is 0 Å². The van der Waals surface area contributed by atoms with Crippen LogP contribution in [0.4, 0.5) is 0 Å². The van der Waals surface area contributed by atoms with Crippen molar-refractivity contribution in [3.8, 4) is 5.75 Å². The number of rotatable bonds is 14. The van der Waals surface area contributed by atoms with Gasteiger partial charge in [-0.25, -0.2) is 4.79 Å². The molecule has 0 aliphatic carbocycles. The maximum absolute atomic E-state index is 11.6. The molecule has 2 aromatic rings. The van der Waals surface area contributed by atoms with E-state index in [-0.39, 0.29) is 18.2 Å². The minimum absolute atomic E-state index is 0.0156. The van der Waals surface area contributed by atoms with Crippen LogP contribution in [0.1, 0.15) is 37.8 Å². The molecule has 33 heavy (non-hydrogen) atoms. The van der Waals surface area contributed by atoms with E-state index in [1.165, 1.54) is 6.08 Å². The van der Waals surface area contributed by atoms with Gasteiger partial charge in [0.25, 0.3) is 0 Å². The lowest BCUT2D eigenvalue weighted by molar-refractivity contribution is -0.137. The lowest BCUT2D eigenvalue weighted by atomic mass is 10.0. The fourth-order valence-corrected chi connectivity index (χ4v) is 3.55. The molecule has 2 aromatic carbocycles. The number of benzene rings is 2. The van der Waals surface area contributed by atoms with Crippen LogP contribution in [0.3, 0.4) is 0 Å². The molecule has 178 valence electrons. The van der Waals surface area contributed by atoms with Gasteiger partial charge in [-0.3, -0.25) is 0 Å². The second kappa shape index (κ2) is 12.5. The van der Waals surface area contributed by atoms with E-state index in [4.69, 9.17) is 23.7 Å². The van der Waals surface area contributed by atoms with Gasteiger partial charge in [0.05, 0.1) is 39.1 Å². The van der Waals surface area contributed by atoms with Gasteiger partial charge in [0.2, 0.25) is 0 Å². The molecule has 1 aliphatic rings. The molecule has 0 amide bonds. The van der Waals surface area contributed by atoms with E-state index in [1.54, 1.807) is 20.1 Å². The normalized spacial score (nSPS) is 20.5. The van der Waals surface area contributed by atoms with Crippen LogP contribution >= 0.6 is 0 Å². The molecule has 1 heterocycles. The zero-order chi connectivity index (χ0) is 23.5. The average Bonchev–Trinajstić information content (AvgIpc) is 3.49. The topological polar surface area (TPSA) is 66.5 Å². The highest BCUT2D eigenvalue weighted by Crippen LogP contribution is 2.41. The lowest BCUT2D eigenvalue weighted by Crippen LogP contribution is -2.21. The van der Waals surface area contributed by atoms with Crippen molar-refractivity contribution in [1.29, 1.82) is 0 Å². The Kier molecular flexibility index (Phi) is 9.48. The Hall–Kier alpha value is -2.67. The van der Waals surface area contributed by atoms with Crippen molar-refractivity contribution in [1.82, 2.24) is 0 Å². The minimum atomic E-state index is -0.473. The number of epoxide rings is 1. The van der Waals surface area contributed by atoms with Gasteiger partial charge < -0.3 is 23.7 Å². The van der Waals surface area contributed by atoms with E-state index in [0.717, 1.165) is 23.3 Å². The largest absolute Gasteiger partial charge is 0.497 e. The summed E-state index contributed by atoms with van der Waals surface area (Å²) in [5.41, 5.74) is 1.75. The molecule has 0 bridgehead atoms. The summed E-state index contributed by atoms with van der Waals surface area (Å²) in [6.07, 6.45) is 4.64. The Morgan fingerprint density at radius 3 is 2.52 bits per heavy atom. The molecule has 0 radical (unpaired) electrons. The minimum Gasteiger partial charge on any atom is -0.497 e. The molecule has 6 nitrogen and oxygen atoms in total. The molecule has 3 rings (SSSR count). The van der Waals surface area contributed by atoms with E-state index >= 15 is 0 Å². The maximum Gasteiger partial charge on any atom is 0.330 e. The van der Waals surface area contributed by atoms with Crippen molar-refractivity contribution in [3.05, 3.63) is 77.9 Å². The highest BCUT2D eigenvalue weighted by atomic mass is 16.6. The van der Waals surface area contributed by atoms with Crippen LogP contribution in [0.15, 0.2) is 66.7 Å². The molecular formula is C27H34O6. The third-order valence-electron chi connectivity index (χ3n) is 5.63. The van der Waals surface area contributed by atoms with Gasteiger partial charge in [0, 0.05) is 19.1 Å². The zero-order valence-electron chi connectivity index (χ0n) is 19.7. The Bertz CT molecular complexity index is 879. The summed E-state index contributed by atoms with van der Waals surface area (Å²) in [4.78, 5) is 11.6. The van der Waals surface area contributed by atoms with E-state index in [1.807, 2.05) is 49.4 Å². The summed E-state index contributed by atoms with van der Waals surface area (Å²) in [5, 5.41) is 0. The second-order valence-electron chi connectivity index (χ2n) is 8.22. The van der Waals surface area contributed by atoms with Crippen molar-refractivity contribution < 1.29 is 28.5 Å². The quantitative estimate of drug-likeness (QED) is 0.176. The molecule has 3 atom stereocenters. The van der Waals surface area contributed by atoms with Gasteiger partial charge in [0.1, 0.15) is 11.4 Å². The molecule has 1 fully saturated rings. The molecule has 1 aliphatic heterocycles. The van der Waals surface area contributed by atoms with Gasteiger partial charge in [0.15, 0.2) is 0 Å². The van der Waals surface area contributed by atoms with Crippen LogP contribution < -0.4 is 4.74 Å². The second-order valence-corrected chi connectivity index (χ2v) is 8.22. The smallest absolute Gasteiger partial charge is 0.330 e. The fourth-order valence-electron chi connectivity index (χ4n) is 3.55. The summed E-state index contributed by atoms with van der Waals surface area (Å²) in [7, 11) is 1.65. The van der Waals surface area contributed by atoms with Crippen LogP contribution in [-0.2, 0) is 37.0 Å². The Morgan fingerprint density at radius 2 is 1.82 bits per heavy atom. The van der Waals surface area contributed by atoms with Crippen molar-refractivity contribution in [2.75, 3.05) is 20.3 Å². The number of esters is 1. The molecule has 1 saturated heterocycles. The number of methoxy groups -OCH3 is 1. The molecular weight excluding hydrogens is 420 g/mol. The first kappa shape index (κ1) is 25.0. The molecule has 0 spiro atoms. The first-order valence-electron chi connectivity index (χ1n) is 11.4. The zero-order valence-corrected chi connectivity index (χ0v) is 19.7. The van der Waals surface area contributed by atoms with Crippen molar-refractivity contribution >= 4 is 5.97 Å². The van der Waals surface area contributed by atoms with Crippen LogP contribution in [0.2, 0.25) is 0 Å². The third kappa shape index (κ3) is 8.31. The summed E-state index contributed by atoms with van der Waals surface area (Å²) in [5.74, 6) is 0.467. The van der Waals surface area contributed by atoms with Crippen molar-refractivity contribution in [2.24, 2.45) is 0 Å². The summed E-state index contributed by atoms with van der Waals surface area (Å²) in [6.45, 7) is 5.77. The maximum atomic E-state index is 11.6. The van der Waals surface area contributed by atoms with E-state index in [9.17, 15) is 4.79 Å². The predicted octanol–water partition coefficient (Wildman–Crippen LogP) is 4.85. The van der Waals surface area contributed by atoms with Crippen LogP contribution in [0, 0.1) is 0 Å². The van der Waals surface area contributed by atoms with Gasteiger partial charge in [-0.05, 0) is 49.6 Å². The monoisotopic (exact) mass is 454 g/mol. The van der Waals surface area contributed by atoms with E-state index in [2.05, 4.69) is 12.1 Å². The average molecular weight is 455 g/mol. The van der Waals surface area contributed by atoms with Crippen LogP contribution in [0.5, 0.6) is 5.75 Å². The first-order chi connectivity index (χ1) is 16.0. The Labute approximate surface area is 196 Å². The molecule has 6 heteroatoms. The summed E-state index contributed by atoms with van der Waals surface area (Å²) in [6, 6.07) is 18.0. The van der Waals surface area contributed by atoms with Gasteiger partial charge in [-0.2, -0.15) is 0 Å². The fraction of sp³-hybridized carbons (Fsp3) is 0.444. The van der Waals surface area contributed by atoms with E-state index < -0.39 is 5.60 Å². The lowest BCUT2D eigenvalue weighted by Gasteiger charge is -2.18. The number of hydrogen-bond donors (Lipinski definition) is 0. The SMILES string of the molecule is CCOC(=O)/C=C/[C@]1(C)O[C@H]1C[C@H](CCOCc1ccccc1)OCc1ccc(OC)cc1. The molecule has 0 aromatic heterocycles. The van der Waals surface area contributed by atoms with Crippen molar-refractivity contribution in [3.63, 3.8) is 0 Å². The molecule has 0 N–H and O–H groups in total. The first-order valence-corrected chi connectivity index (χ1v) is 11.4. The standard InChI is InChI=1S/C27H34O6/c1-4-31-26(28)14-16-27(2)25(33-27)18-24(15-17-30-19-21-8-6-5-7-9-21)32-20-22-10-12-23(29-3)13-11-22/h5-14,16,24-25H,4,15,17-20H2,1-3H3/b16-14+/t24-,25-,27-/m0/s1. The highest BCUT2D eigenvalue weighted by molar-refractivity contribution is 5.82. The molecule has 0 unspecified atom stereocenters. The van der Waals surface area contributed by atoms with Crippen LogP contribution in [0.25, 0.3) is 0 Å².